The molecule has 31 heavy (non-hydrogen) atoms. The molecular weight excluding hydrogens is 640 g/mol. The molecule has 0 saturated carbocycles. The summed E-state index contributed by atoms with van der Waals surface area (Å²) in [5.74, 6) is -0.171. The van der Waals surface area contributed by atoms with Crippen molar-refractivity contribution >= 4 is 80.4 Å². The van der Waals surface area contributed by atoms with Crippen LogP contribution in [0.5, 0.6) is 5.75 Å². The van der Waals surface area contributed by atoms with Crippen molar-refractivity contribution in [1.82, 2.24) is 5.43 Å². The summed E-state index contributed by atoms with van der Waals surface area (Å²) in [7, 11) is 0. The average Bonchev–Trinajstić information content (AvgIpc) is 2.74. The Balaban J connectivity index is 1.58. The van der Waals surface area contributed by atoms with Crippen LogP contribution in [-0.2, 0) is 6.61 Å². The fourth-order valence-electron chi connectivity index (χ4n) is 2.54. The summed E-state index contributed by atoms with van der Waals surface area (Å²) in [5, 5.41) is 16.6. The Hall–Kier alpha value is -2.25. The highest BCUT2D eigenvalue weighted by Crippen LogP contribution is 2.29. The van der Waals surface area contributed by atoms with Crippen LogP contribution in [0.25, 0.3) is 0 Å². The minimum absolute atomic E-state index is 0.253. The van der Waals surface area contributed by atoms with Gasteiger partial charge in [0.1, 0.15) is 12.4 Å². The van der Waals surface area contributed by atoms with E-state index in [1.54, 1.807) is 30.5 Å². The summed E-state index contributed by atoms with van der Waals surface area (Å²) in [6.45, 7) is 0.348. The number of carboxylic acid groups (broad SMARTS) is 1. The molecule has 0 aliphatic rings. The maximum absolute atomic E-state index is 10.9. The monoisotopic (exact) mass is 657 g/mol. The summed E-state index contributed by atoms with van der Waals surface area (Å²) in [6.07, 6.45) is 1.69. The molecule has 0 aromatic heterocycles. The molecule has 0 radical (unpaired) electrons. The molecule has 0 atom stereocenters. The van der Waals surface area contributed by atoms with Crippen LogP contribution in [0.4, 0.5) is 5.69 Å². The summed E-state index contributed by atoms with van der Waals surface area (Å²) in [6, 6.07) is 20.2. The molecule has 0 aliphatic heterocycles. The lowest BCUT2D eigenvalue weighted by atomic mass is 10.1. The maximum Gasteiger partial charge on any atom is 0.335 e. The number of carbonyl (C=O) groups is 1. The second-order valence-corrected chi connectivity index (χ2v) is 9.03. The molecule has 9 heteroatoms. The van der Waals surface area contributed by atoms with E-state index in [0.29, 0.717) is 11.7 Å². The van der Waals surface area contributed by atoms with Crippen LogP contribution in [-0.4, -0.2) is 22.4 Å². The largest absolute Gasteiger partial charge is 0.487 e. The average molecular weight is 657 g/mol. The molecule has 0 saturated heterocycles. The van der Waals surface area contributed by atoms with Gasteiger partial charge in [-0.2, -0.15) is 5.10 Å². The van der Waals surface area contributed by atoms with Gasteiger partial charge in [0.15, 0.2) is 5.11 Å². The zero-order valence-electron chi connectivity index (χ0n) is 16.0. The lowest BCUT2D eigenvalue weighted by molar-refractivity contribution is 0.0697. The molecule has 0 spiro atoms. The predicted molar refractivity (Wildman–Crippen MR) is 143 cm³/mol. The number of halogens is 2. The molecule has 3 rings (SSSR count). The number of nitrogens with zero attached hydrogens (tertiary/aromatic N) is 1. The molecular formula is C22H17I2N3O3S. The summed E-state index contributed by atoms with van der Waals surface area (Å²) < 4.78 is 7.85. The van der Waals surface area contributed by atoms with Crippen molar-refractivity contribution in [3.63, 3.8) is 0 Å². The molecule has 158 valence electrons. The third-order valence-electron chi connectivity index (χ3n) is 4.02. The number of hydrazone groups is 1. The van der Waals surface area contributed by atoms with Crippen LogP contribution in [0.2, 0.25) is 0 Å². The first-order valence-corrected chi connectivity index (χ1v) is 11.6. The van der Waals surface area contributed by atoms with Gasteiger partial charge in [0.2, 0.25) is 0 Å². The first-order chi connectivity index (χ1) is 14.9. The van der Waals surface area contributed by atoms with Crippen molar-refractivity contribution in [2.45, 2.75) is 6.61 Å². The van der Waals surface area contributed by atoms with Gasteiger partial charge in [0.05, 0.1) is 18.9 Å². The minimum atomic E-state index is -0.945. The molecule has 0 aliphatic carbocycles. The SMILES string of the molecule is O=C(O)c1ccc(COc2c(I)cc(/C=N/NC(=S)Nc3ccccc3)cc2I)cc1. The summed E-state index contributed by atoms with van der Waals surface area (Å²) in [4.78, 5) is 10.9. The van der Waals surface area contributed by atoms with Gasteiger partial charge >= 0.3 is 5.97 Å². The van der Waals surface area contributed by atoms with E-state index in [4.69, 9.17) is 22.1 Å². The highest BCUT2D eigenvalue weighted by Gasteiger charge is 2.09. The second kappa shape index (κ2) is 11.4. The number of hydrogen-bond donors (Lipinski definition) is 3. The number of rotatable bonds is 7. The van der Waals surface area contributed by atoms with Gasteiger partial charge in [-0.3, -0.25) is 5.43 Å². The Morgan fingerprint density at radius 3 is 2.32 bits per heavy atom. The fraction of sp³-hybridized carbons (Fsp3) is 0.0455. The Labute approximate surface area is 212 Å². The van der Waals surface area contributed by atoms with E-state index in [0.717, 1.165) is 29.7 Å². The Morgan fingerprint density at radius 1 is 1.06 bits per heavy atom. The number of para-hydroxylation sites is 1. The first-order valence-electron chi connectivity index (χ1n) is 9.01. The van der Waals surface area contributed by atoms with E-state index >= 15 is 0 Å². The third-order valence-corrected chi connectivity index (χ3v) is 5.81. The topological polar surface area (TPSA) is 83.0 Å². The van der Waals surface area contributed by atoms with Crippen LogP contribution in [0, 0.1) is 7.14 Å². The van der Waals surface area contributed by atoms with E-state index < -0.39 is 5.97 Å². The number of aromatic carboxylic acids is 1. The fourth-order valence-corrected chi connectivity index (χ4v) is 4.84. The Morgan fingerprint density at radius 2 is 1.71 bits per heavy atom. The summed E-state index contributed by atoms with van der Waals surface area (Å²) >= 11 is 9.68. The zero-order valence-corrected chi connectivity index (χ0v) is 21.1. The maximum atomic E-state index is 10.9. The highest BCUT2D eigenvalue weighted by molar-refractivity contribution is 14.1. The standard InChI is InChI=1S/C22H17I2N3O3S/c23-18-10-15(12-25-27-22(31)26-17-4-2-1-3-5-17)11-19(24)20(18)30-13-14-6-8-16(9-7-14)21(28)29/h1-12H,13H2,(H,28,29)(H2,26,27,31)/b25-12+. The van der Waals surface area contributed by atoms with E-state index in [9.17, 15) is 4.79 Å². The van der Waals surface area contributed by atoms with Crippen molar-refractivity contribution in [1.29, 1.82) is 0 Å². The number of carboxylic acids is 1. The number of anilines is 1. The number of nitrogens with one attached hydrogen (secondary N) is 2. The number of thiocarbonyl (C=S) groups is 1. The molecule has 0 bridgehead atoms. The third kappa shape index (κ3) is 7.14. The second-order valence-electron chi connectivity index (χ2n) is 6.29. The molecule has 3 aromatic rings. The normalized spacial score (nSPS) is 10.6. The van der Waals surface area contributed by atoms with Gasteiger partial charge in [0.25, 0.3) is 0 Å². The van der Waals surface area contributed by atoms with Gasteiger partial charge in [-0.25, -0.2) is 4.79 Å². The van der Waals surface area contributed by atoms with E-state index in [-0.39, 0.29) is 5.56 Å². The lowest BCUT2D eigenvalue weighted by Gasteiger charge is -2.12. The summed E-state index contributed by atoms with van der Waals surface area (Å²) in [5.41, 5.74) is 5.74. The van der Waals surface area contributed by atoms with E-state index in [2.05, 4.69) is 61.0 Å². The van der Waals surface area contributed by atoms with Gasteiger partial charge in [-0.05, 0) is 105 Å². The Bertz CT molecular complexity index is 1080. The molecule has 3 N–H and O–H groups in total. The van der Waals surface area contributed by atoms with Gasteiger partial charge in [-0.15, -0.1) is 0 Å². The van der Waals surface area contributed by atoms with Crippen molar-refractivity contribution < 1.29 is 14.6 Å². The van der Waals surface area contributed by atoms with Gasteiger partial charge in [0, 0.05) is 5.69 Å². The zero-order chi connectivity index (χ0) is 22.2. The van der Waals surface area contributed by atoms with Crippen LogP contribution in [0.1, 0.15) is 21.5 Å². The minimum Gasteiger partial charge on any atom is -0.487 e. The number of hydrogen-bond acceptors (Lipinski definition) is 4. The van der Waals surface area contributed by atoms with Crippen LogP contribution in [0.3, 0.4) is 0 Å². The molecule has 3 aromatic carbocycles. The van der Waals surface area contributed by atoms with Gasteiger partial charge in [-0.1, -0.05) is 30.3 Å². The van der Waals surface area contributed by atoms with E-state index in [1.165, 1.54) is 0 Å². The quantitative estimate of drug-likeness (QED) is 0.135. The lowest BCUT2D eigenvalue weighted by Crippen LogP contribution is -2.23. The van der Waals surface area contributed by atoms with Crippen molar-refractivity contribution in [2.75, 3.05) is 5.32 Å². The van der Waals surface area contributed by atoms with Crippen LogP contribution < -0.4 is 15.5 Å². The molecule has 0 unspecified atom stereocenters. The van der Waals surface area contributed by atoms with Crippen LogP contribution >= 0.6 is 57.4 Å². The number of benzene rings is 3. The van der Waals surface area contributed by atoms with E-state index in [1.807, 2.05) is 42.5 Å². The van der Waals surface area contributed by atoms with Crippen molar-refractivity contribution in [3.05, 3.63) is 90.6 Å². The van der Waals surface area contributed by atoms with Crippen molar-refractivity contribution in [3.8, 4) is 5.75 Å². The Kier molecular flexibility index (Phi) is 8.60. The predicted octanol–water partition coefficient (Wildman–Crippen LogP) is 5.49. The van der Waals surface area contributed by atoms with Crippen LogP contribution in [0.15, 0.2) is 71.8 Å². The van der Waals surface area contributed by atoms with Crippen molar-refractivity contribution in [2.24, 2.45) is 5.10 Å². The van der Waals surface area contributed by atoms with Gasteiger partial charge < -0.3 is 15.2 Å². The molecule has 0 heterocycles. The molecule has 6 nitrogen and oxygen atoms in total. The molecule has 0 amide bonds. The molecule has 0 fully saturated rings. The smallest absolute Gasteiger partial charge is 0.335 e. The number of ether oxygens (including phenoxy) is 1. The first kappa shape index (κ1) is 23.4. The highest BCUT2D eigenvalue weighted by atomic mass is 127.